The fourth-order valence-corrected chi connectivity index (χ4v) is 2.63. The van der Waals surface area contributed by atoms with Gasteiger partial charge in [0, 0.05) is 31.4 Å². The first kappa shape index (κ1) is 18.9. The highest BCUT2D eigenvalue weighted by molar-refractivity contribution is 5.92. The number of piperazine rings is 1. The van der Waals surface area contributed by atoms with Crippen LogP contribution in [0.1, 0.15) is 38.7 Å². The van der Waals surface area contributed by atoms with Crippen LogP contribution in [0.4, 0.5) is 5.69 Å². The van der Waals surface area contributed by atoms with Crippen LogP contribution in [0.25, 0.3) is 0 Å². The van der Waals surface area contributed by atoms with Crippen LogP contribution in [-0.2, 0) is 4.79 Å². The minimum atomic E-state index is 0. The zero-order chi connectivity index (χ0) is 15.2. The van der Waals surface area contributed by atoms with Gasteiger partial charge in [-0.2, -0.15) is 0 Å². The van der Waals surface area contributed by atoms with Gasteiger partial charge in [-0.1, -0.05) is 26.0 Å². The standard InChI is InChI=1S/C17H27N3O.ClH/c1-4-13(2)15-5-7-16(8-6-15)19-17(21)12-20-10-9-18-11-14(20)3;/h5-8,13-14,18H,4,9-12H2,1-3H3,(H,19,21);1H/t13?,14-;/m0./s1. The lowest BCUT2D eigenvalue weighted by Crippen LogP contribution is -2.51. The third-order valence-electron chi connectivity index (χ3n) is 4.36. The van der Waals surface area contributed by atoms with Crippen LogP contribution in [0, 0.1) is 0 Å². The Balaban J connectivity index is 0.00000242. The maximum Gasteiger partial charge on any atom is 0.238 e. The molecule has 0 saturated carbocycles. The molecule has 0 aromatic heterocycles. The van der Waals surface area contributed by atoms with E-state index >= 15 is 0 Å². The molecule has 0 aliphatic carbocycles. The highest BCUT2D eigenvalue weighted by Gasteiger charge is 2.20. The fourth-order valence-electron chi connectivity index (χ4n) is 2.63. The lowest BCUT2D eigenvalue weighted by Gasteiger charge is -2.33. The third kappa shape index (κ3) is 5.27. The van der Waals surface area contributed by atoms with Crippen molar-refractivity contribution >= 4 is 24.0 Å². The van der Waals surface area contributed by atoms with Gasteiger partial charge in [0.2, 0.25) is 5.91 Å². The summed E-state index contributed by atoms with van der Waals surface area (Å²) < 4.78 is 0. The van der Waals surface area contributed by atoms with Crippen molar-refractivity contribution in [3.63, 3.8) is 0 Å². The summed E-state index contributed by atoms with van der Waals surface area (Å²) in [5.41, 5.74) is 2.21. The zero-order valence-corrected chi connectivity index (χ0v) is 14.6. The highest BCUT2D eigenvalue weighted by Crippen LogP contribution is 2.20. The number of hydrogen-bond acceptors (Lipinski definition) is 3. The second-order valence-electron chi connectivity index (χ2n) is 6.00. The first-order chi connectivity index (χ1) is 10.1. The van der Waals surface area contributed by atoms with E-state index in [1.165, 1.54) is 5.56 Å². The summed E-state index contributed by atoms with van der Waals surface area (Å²) in [7, 11) is 0. The summed E-state index contributed by atoms with van der Waals surface area (Å²) >= 11 is 0. The molecule has 0 spiro atoms. The number of amides is 1. The Hall–Kier alpha value is -1.10. The molecular formula is C17H28ClN3O. The van der Waals surface area contributed by atoms with Crippen LogP contribution in [0.15, 0.2) is 24.3 Å². The second kappa shape index (κ2) is 9.13. The normalized spacial score (nSPS) is 20.0. The van der Waals surface area contributed by atoms with E-state index in [1.54, 1.807) is 0 Å². The van der Waals surface area contributed by atoms with Crippen molar-refractivity contribution in [2.75, 3.05) is 31.5 Å². The third-order valence-corrected chi connectivity index (χ3v) is 4.36. The van der Waals surface area contributed by atoms with Gasteiger partial charge in [-0.15, -0.1) is 12.4 Å². The molecule has 0 bridgehead atoms. The van der Waals surface area contributed by atoms with Crippen LogP contribution < -0.4 is 10.6 Å². The molecule has 1 unspecified atom stereocenters. The van der Waals surface area contributed by atoms with Gasteiger partial charge in [-0.3, -0.25) is 9.69 Å². The van der Waals surface area contributed by atoms with Gasteiger partial charge < -0.3 is 10.6 Å². The number of carbonyl (C=O) groups excluding carboxylic acids is 1. The van der Waals surface area contributed by atoms with Gasteiger partial charge in [0.15, 0.2) is 0 Å². The molecule has 1 aliphatic rings. The van der Waals surface area contributed by atoms with Crippen molar-refractivity contribution in [1.82, 2.24) is 10.2 Å². The molecule has 1 fully saturated rings. The Morgan fingerprint density at radius 3 is 2.68 bits per heavy atom. The van der Waals surface area contributed by atoms with Crippen molar-refractivity contribution in [1.29, 1.82) is 0 Å². The molecule has 1 heterocycles. The van der Waals surface area contributed by atoms with E-state index in [1.807, 2.05) is 12.1 Å². The summed E-state index contributed by atoms with van der Waals surface area (Å²) in [6.45, 7) is 9.88. The van der Waals surface area contributed by atoms with Gasteiger partial charge in [0.1, 0.15) is 0 Å². The van der Waals surface area contributed by atoms with Gasteiger partial charge in [-0.25, -0.2) is 0 Å². The molecule has 0 radical (unpaired) electrons. The molecule has 5 heteroatoms. The number of nitrogens with one attached hydrogen (secondary N) is 2. The molecule has 2 rings (SSSR count). The van der Waals surface area contributed by atoms with E-state index in [9.17, 15) is 4.79 Å². The predicted octanol–water partition coefficient (Wildman–Crippen LogP) is 2.85. The first-order valence-electron chi connectivity index (χ1n) is 7.94. The van der Waals surface area contributed by atoms with Crippen LogP contribution in [0.5, 0.6) is 0 Å². The number of hydrogen-bond donors (Lipinski definition) is 2. The Morgan fingerprint density at radius 2 is 2.09 bits per heavy atom. The minimum absolute atomic E-state index is 0. The van der Waals surface area contributed by atoms with E-state index in [-0.39, 0.29) is 18.3 Å². The minimum Gasteiger partial charge on any atom is -0.325 e. The van der Waals surface area contributed by atoms with Gasteiger partial charge in [0.25, 0.3) is 0 Å². The number of carbonyl (C=O) groups is 1. The molecule has 1 aliphatic heterocycles. The molecule has 1 aromatic rings. The molecule has 22 heavy (non-hydrogen) atoms. The van der Waals surface area contributed by atoms with Gasteiger partial charge in [-0.05, 0) is 37.0 Å². The van der Waals surface area contributed by atoms with Crippen LogP contribution in [0.3, 0.4) is 0 Å². The predicted molar refractivity (Wildman–Crippen MR) is 94.9 cm³/mol. The van der Waals surface area contributed by atoms with Crippen molar-refractivity contribution in [3.05, 3.63) is 29.8 Å². The van der Waals surface area contributed by atoms with Gasteiger partial charge >= 0.3 is 0 Å². The lowest BCUT2D eigenvalue weighted by atomic mass is 9.99. The number of halogens is 1. The molecule has 1 amide bonds. The Kier molecular flexibility index (Phi) is 7.87. The van der Waals surface area contributed by atoms with Crippen molar-refractivity contribution in [2.24, 2.45) is 0 Å². The maximum atomic E-state index is 12.1. The second-order valence-corrected chi connectivity index (χ2v) is 6.00. The average molecular weight is 326 g/mol. The van der Waals surface area contributed by atoms with Crippen molar-refractivity contribution in [2.45, 2.75) is 39.2 Å². The highest BCUT2D eigenvalue weighted by atomic mass is 35.5. The molecule has 2 atom stereocenters. The Morgan fingerprint density at radius 1 is 1.41 bits per heavy atom. The largest absolute Gasteiger partial charge is 0.325 e. The Bertz CT molecular complexity index is 463. The average Bonchev–Trinajstić information content (AvgIpc) is 2.49. The number of rotatable bonds is 5. The van der Waals surface area contributed by atoms with Gasteiger partial charge in [0.05, 0.1) is 6.54 Å². The van der Waals surface area contributed by atoms with E-state index in [2.05, 4.69) is 48.4 Å². The lowest BCUT2D eigenvalue weighted by molar-refractivity contribution is -0.118. The monoisotopic (exact) mass is 325 g/mol. The summed E-state index contributed by atoms with van der Waals surface area (Å²) in [6.07, 6.45) is 1.13. The van der Waals surface area contributed by atoms with E-state index in [0.29, 0.717) is 18.5 Å². The summed E-state index contributed by atoms with van der Waals surface area (Å²) in [4.78, 5) is 14.3. The number of benzene rings is 1. The molecule has 1 aromatic carbocycles. The smallest absolute Gasteiger partial charge is 0.238 e. The fraction of sp³-hybridized carbons (Fsp3) is 0.588. The van der Waals surface area contributed by atoms with Crippen molar-refractivity contribution < 1.29 is 4.79 Å². The quantitative estimate of drug-likeness (QED) is 0.875. The van der Waals surface area contributed by atoms with E-state index in [4.69, 9.17) is 0 Å². The molecule has 1 saturated heterocycles. The number of nitrogens with zero attached hydrogens (tertiary/aromatic N) is 1. The maximum absolute atomic E-state index is 12.1. The van der Waals surface area contributed by atoms with Crippen LogP contribution >= 0.6 is 12.4 Å². The molecule has 124 valence electrons. The first-order valence-corrected chi connectivity index (χ1v) is 7.94. The number of anilines is 1. The molecule has 2 N–H and O–H groups in total. The topological polar surface area (TPSA) is 44.4 Å². The summed E-state index contributed by atoms with van der Waals surface area (Å²) in [5, 5.41) is 6.33. The SMILES string of the molecule is CCC(C)c1ccc(NC(=O)CN2CCNC[C@@H]2C)cc1.Cl. The summed E-state index contributed by atoms with van der Waals surface area (Å²) in [5.74, 6) is 0.636. The van der Waals surface area contributed by atoms with E-state index in [0.717, 1.165) is 31.7 Å². The van der Waals surface area contributed by atoms with Crippen LogP contribution in [-0.4, -0.2) is 43.0 Å². The van der Waals surface area contributed by atoms with E-state index < -0.39 is 0 Å². The zero-order valence-electron chi connectivity index (χ0n) is 13.8. The molecular weight excluding hydrogens is 298 g/mol. The molecule has 4 nitrogen and oxygen atoms in total. The van der Waals surface area contributed by atoms with Crippen molar-refractivity contribution in [3.8, 4) is 0 Å². The summed E-state index contributed by atoms with van der Waals surface area (Å²) in [6, 6.07) is 8.63. The Labute approximate surface area is 140 Å². The van der Waals surface area contributed by atoms with Crippen LogP contribution in [0.2, 0.25) is 0 Å².